The van der Waals surface area contributed by atoms with E-state index in [4.69, 9.17) is 0 Å². The van der Waals surface area contributed by atoms with Crippen molar-refractivity contribution in [2.45, 2.75) is 26.2 Å². The summed E-state index contributed by atoms with van der Waals surface area (Å²) in [5.41, 5.74) is 18.4. The van der Waals surface area contributed by atoms with Crippen LogP contribution in [0.25, 0.3) is 50.6 Å². The first-order valence-electron chi connectivity index (χ1n) is 17.1. The largest absolute Gasteiger partial charge is 0.310 e. The summed E-state index contributed by atoms with van der Waals surface area (Å²) in [6.45, 7) is 11.2. The van der Waals surface area contributed by atoms with E-state index in [0.29, 0.717) is 0 Å². The quantitative estimate of drug-likeness (QED) is 0.170. The van der Waals surface area contributed by atoms with Crippen molar-refractivity contribution in [1.29, 1.82) is 0 Å². The van der Waals surface area contributed by atoms with E-state index in [2.05, 4.69) is 196 Å². The van der Waals surface area contributed by atoms with Gasteiger partial charge in [0.2, 0.25) is 0 Å². The van der Waals surface area contributed by atoms with Crippen molar-refractivity contribution in [1.82, 2.24) is 0 Å². The molecule has 0 spiro atoms. The van der Waals surface area contributed by atoms with Gasteiger partial charge in [-0.3, -0.25) is 0 Å². The van der Waals surface area contributed by atoms with Crippen LogP contribution >= 0.6 is 0 Å². The van der Waals surface area contributed by atoms with Crippen LogP contribution in [0.3, 0.4) is 0 Å². The van der Waals surface area contributed by atoms with Gasteiger partial charge < -0.3 is 4.90 Å². The van der Waals surface area contributed by atoms with E-state index in [0.717, 1.165) is 22.6 Å². The Morgan fingerprint density at radius 3 is 1.51 bits per heavy atom. The molecule has 0 amide bonds. The molecule has 236 valence electrons. The molecule has 0 aliphatic heterocycles. The maximum Gasteiger partial charge on any atom is 0.0464 e. The van der Waals surface area contributed by atoms with Crippen LogP contribution in [0.4, 0.5) is 17.1 Å². The number of fused-ring (bicyclic) bond motifs is 3. The monoisotopic (exact) mass is 629 g/mol. The molecule has 0 saturated heterocycles. The first-order chi connectivity index (χ1) is 23.9. The molecule has 1 aliphatic rings. The van der Waals surface area contributed by atoms with Crippen molar-refractivity contribution >= 4 is 23.1 Å². The standard InChI is InChI=1S/C48H39N/c1-5-34-31-45-43-18-12-13-19-46(43)48(3,4)47(45)32-44(34)42-29-28-41(30-33(42)2)49(39-24-20-37(21-25-39)35-14-8-6-9-15-35)40-26-22-38(23-27-40)36-16-10-7-11-17-36/h5-32H,1H2,2-4H3. The summed E-state index contributed by atoms with van der Waals surface area (Å²) in [5, 5.41) is 0. The molecule has 0 aromatic heterocycles. The van der Waals surface area contributed by atoms with Crippen LogP contribution in [0.5, 0.6) is 0 Å². The minimum absolute atomic E-state index is 0.0666. The first-order valence-corrected chi connectivity index (χ1v) is 17.1. The molecule has 0 N–H and O–H groups in total. The van der Waals surface area contributed by atoms with E-state index < -0.39 is 0 Å². The molecule has 1 aliphatic carbocycles. The first kappa shape index (κ1) is 30.4. The molecule has 0 heterocycles. The van der Waals surface area contributed by atoms with E-state index >= 15 is 0 Å². The highest BCUT2D eigenvalue weighted by Gasteiger charge is 2.36. The molecule has 8 rings (SSSR count). The summed E-state index contributed by atoms with van der Waals surface area (Å²) in [6, 6.07) is 59.4. The molecule has 0 bridgehead atoms. The van der Waals surface area contributed by atoms with Crippen LogP contribution in [0.15, 0.2) is 170 Å². The van der Waals surface area contributed by atoms with Gasteiger partial charge in [-0.2, -0.15) is 0 Å². The van der Waals surface area contributed by atoms with E-state index in [1.165, 1.54) is 61.2 Å². The molecule has 49 heavy (non-hydrogen) atoms. The number of nitrogens with zero attached hydrogens (tertiary/aromatic N) is 1. The van der Waals surface area contributed by atoms with Crippen molar-refractivity contribution in [3.63, 3.8) is 0 Å². The van der Waals surface area contributed by atoms with Gasteiger partial charge in [-0.15, -0.1) is 0 Å². The zero-order valence-electron chi connectivity index (χ0n) is 28.3. The van der Waals surface area contributed by atoms with Gasteiger partial charge in [0, 0.05) is 22.5 Å². The Labute approximate surface area is 290 Å². The van der Waals surface area contributed by atoms with E-state index in [1.54, 1.807) is 0 Å². The molecule has 0 unspecified atom stereocenters. The zero-order valence-corrected chi connectivity index (χ0v) is 28.3. The third-order valence-electron chi connectivity index (χ3n) is 10.2. The third-order valence-corrected chi connectivity index (χ3v) is 10.2. The van der Waals surface area contributed by atoms with Gasteiger partial charge in [0.15, 0.2) is 0 Å². The topological polar surface area (TPSA) is 3.24 Å². The normalized spacial score (nSPS) is 12.6. The van der Waals surface area contributed by atoms with Crippen LogP contribution in [0.2, 0.25) is 0 Å². The molecular weight excluding hydrogens is 591 g/mol. The Kier molecular flexibility index (Phi) is 7.62. The Balaban J connectivity index is 1.22. The van der Waals surface area contributed by atoms with Crippen molar-refractivity contribution in [2.24, 2.45) is 0 Å². The highest BCUT2D eigenvalue weighted by atomic mass is 15.1. The van der Waals surface area contributed by atoms with E-state index in [9.17, 15) is 0 Å². The number of benzene rings is 7. The van der Waals surface area contributed by atoms with Gasteiger partial charge in [-0.25, -0.2) is 0 Å². The fourth-order valence-corrected chi connectivity index (χ4v) is 7.57. The zero-order chi connectivity index (χ0) is 33.5. The average Bonchev–Trinajstić information content (AvgIpc) is 3.38. The fourth-order valence-electron chi connectivity index (χ4n) is 7.57. The molecule has 0 saturated carbocycles. The smallest absolute Gasteiger partial charge is 0.0464 e. The lowest BCUT2D eigenvalue weighted by Gasteiger charge is -2.27. The van der Waals surface area contributed by atoms with E-state index in [-0.39, 0.29) is 5.41 Å². The molecule has 1 nitrogen and oxygen atoms in total. The molecule has 0 fully saturated rings. The Morgan fingerprint density at radius 1 is 0.449 bits per heavy atom. The number of anilines is 3. The van der Waals surface area contributed by atoms with E-state index in [1.807, 2.05) is 6.08 Å². The molecule has 0 atom stereocenters. The Bertz CT molecular complexity index is 2210. The number of hydrogen-bond acceptors (Lipinski definition) is 1. The lowest BCUT2D eigenvalue weighted by Crippen LogP contribution is -2.15. The summed E-state index contributed by atoms with van der Waals surface area (Å²) in [7, 11) is 0. The summed E-state index contributed by atoms with van der Waals surface area (Å²) in [5.74, 6) is 0. The van der Waals surface area contributed by atoms with Gasteiger partial charge in [0.05, 0.1) is 0 Å². The summed E-state index contributed by atoms with van der Waals surface area (Å²) >= 11 is 0. The highest BCUT2D eigenvalue weighted by Crippen LogP contribution is 2.51. The van der Waals surface area contributed by atoms with Crippen LogP contribution < -0.4 is 4.90 Å². The number of hydrogen-bond donors (Lipinski definition) is 0. The van der Waals surface area contributed by atoms with Crippen molar-refractivity contribution in [2.75, 3.05) is 4.90 Å². The maximum absolute atomic E-state index is 4.24. The Hall–Kier alpha value is -5.92. The molecule has 0 radical (unpaired) electrons. The lowest BCUT2D eigenvalue weighted by atomic mass is 9.80. The molecular formula is C48H39N. The van der Waals surface area contributed by atoms with Crippen LogP contribution in [-0.2, 0) is 5.41 Å². The Morgan fingerprint density at radius 2 is 0.959 bits per heavy atom. The summed E-state index contributed by atoms with van der Waals surface area (Å²) in [4.78, 5) is 2.36. The van der Waals surface area contributed by atoms with Crippen LogP contribution in [0, 0.1) is 6.92 Å². The molecule has 1 heteroatoms. The minimum Gasteiger partial charge on any atom is -0.310 e. The van der Waals surface area contributed by atoms with Crippen molar-refractivity contribution in [3.05, 3.63) is 193 Å². The predicted octanol–water partition coefficient (Wildman–Crippen LogP) is 13.4. The van der Waals surface area contributed by atoms with Gasteiger partial charge >= 0.3 is 0 Å². The SMILES string of the molecule is C=Cc1cc2c(cc1-c1ccc(N(c3ccc(-c4ccccc4)cc3)c3ccc(-c4ccccc4)cc3)cc1C)C(C)(C)c1ccccc1-2. The van der Waals surface area contributed by atoms with Gasteiger partial charge in [0.1, 0.15) is 0 Å². The van der Waals surface area contributed by atoms with Gasteiger partial charge in [0.25, 0.3) is 0 Å². The van der Waals surface area contributed by atoms with Gasteiger partial charge in [-0.05, 0) is 122 Å². The van der Waals surface area contributed by atoms with Gasteiger partial charge in [-0.1, -0.05) is 142 Å². The summed E-state index contributed by atoms with van der Waals surface area (Å²) in [6.07, 6.45) is 2.01. The maximum atomic E-state index is 4.24. The highest BCUT2D eigenvalue weighted by molar-refractivity contribution is 5.89. The molecule has 7 aromatic rings. The van der Waals surface area contributed by atoms with Crippen LogP contribution in [-0.4, -0.2) is 0 Å². The average molecular weight is 630 g/mol. The minimum atomic E-state index is -0.0666. The second-order valence-corrected chi connectivity index (χ2v) is 13.5. The summed E-state index contributed by atoms with van der Waals surface area (Å²) < 4.78 is 0. The third kappa shape index (κ3) is 5.38. The number of rotatable bonds is 7. The predicted molar refractivity (Wildman–Crippen MR) is 210 cm³/mol. The van der Waals surface area contributed by atoms with Crippen LogP contribution in [0.1, 0.15) is 36.1 Å². The fraction of sp³-hybridized carbons (Fsp3) is 0.0833. The molecule has 7 aromatic carbocycles. The lowest BCUT2D eigenvalue weighted by molar-refractivity contribution is 0.660. The second kappa shape index (κ2) is 12.3. The van der Waals surface area contributed by atoms with Crippen molar-refractivity contribution < 1.29 is 0 Å². The number of aryl methyl sites for hydroxylation is 1. The second-order valence-electron chi connectivity index (χ2n) is 13.5. The van der Waals surface area contributed by atoms with Crippen molar-refractivity contribution in [3.8, 4) is 44.5 Å².